The summed E-state index contributed by atoms with van der Waals surface area (Å²) in [5.74, 6) is 0.437. The number of carbonyl (C=O) groups excluding carboxylic acids is 1. The van der Waals surface area contributed by atoms with Crippen LogP contribution in [0.5, 0.6) is 5.88 Å². The first-order chi connectivity index (χ1) is 16.9. The number of nitrogens with two attached hydrogens (primary N) is 1. The van der Waals surface area contributed by atoms with E-state index in [-0.39, 0.29) is 42.5 Å². The summed E-state index contributed by atoms with van der Waals surface area (Å²) < 4.78 is 42.9. The van der Waals surface area contributed by atoms with Gasteiger partial charge in [-0.3, -0.25) is 22.9 Å². The largest absolute Gasteiger partial charge is 0.476 e. The van der Waals surface area contributed by atoms with Crippen LogP contribution in [0.2, 0.25) is 0 Å². The fourth-order valence-electron chi connectivity index (χ4n) is 3.77. The van der Waals surface area contributed by atoms with Gasteiger partial charge in [0.1, 0.15) is 17.1 Å². The number of fused-ring (bicyclic) bond motifs is 2. The molecule has 5 atom stereocenters. The second-order valence-electron chi connectivity index (χ2n) is 9.10. The molecule has 2 aliphatic rings. The second-order valence-corrected chi connectivity index (χ2v) is 12.6. The van der Waals surface area contributed by atoms with Gasteiger partial charge in [-0.25, -0.2) is 9.55 Å². The van der Waals surface area contributed by atoms with Crippen molar-refractivity contribution < 1.29 is 37.5 Å². The summed E-state index contributed by atoms with van der Waals surface area (Å²) in [5.41, 5.74) is 5.72. The Kier molecular flexibility index (Phi) is 7.90. The molecule has 2 aliphatic heterocycles. The monoisotopic (exact) mass is 565 g/mol. The van der Waals surface area contributed by atoms with E-state index in [1.165, 1.54) is 6.33 Å². The van der Waals surface area contributed by atoms with E-state index in [1.807, 2.05) is 6.92 Å². The maximum absolute atomic E-state index is 13.1. The van der Waals surface area contributed by atoms with Crippen molar-refractivity contribution in [3.63, 3.8) is 0 Å². The minimum Gasteiger partial charge on any atom is -0.476 e. The molecule has 0 bridgehead atoms. The van der Waals surface area contributed by atoms with Crippen LogP contribution in [0, 0.1) is 5.41 Å². The van der Waals surface area contributed by atoms with Crippen molar-refractivity contribution in [2.75, 3.05) is 37.9 Å². The number of phosphoric ester groups is 1. The minimum absolute atomic E-state index is 0.00407. The van der Waals surface area contributed by atoms with Gasteiger partial charge in [0, 0.05) is 5.75 Å². The molecule has 16 heteroatoms. The van der Waals surface area contributed by atoms with Crippen molar-refractivity contribution in [3.8, 4) is 5.88 Å². The summed E-state index contributed by atoms with van der Waals surface area (Å²) in [7, 11) is -3.98. The lowest BCUT2D eigenvalue weighted by molar-refractivity contribution is -0.119. The number of imidazole rings is 1. The van der Waals surface area contributed by atoms with E-state index in [0.717, 1.165) is 11.8 Å². The van der Waals surface area contributed by atoms with E-state index in [9.17, 15) is 14.5 Å². The highest BCUT2D eigenvalue weighted by Gasteiger charge is 2.60. The topological polar surface area (TPSA) is 170 Å². The number of carbonyl (C=O) groups is 1. The molecule has 0 amide bonds. The average molecular weight is 566 g/mol. The highest BCUT2D eigenvalue weighted by Crippen LogP contribution is 2.60. The van der Waals surface area contributed by atoms with E-state index in [2.05, 4.69) is 15.0 Å². The molecule has 0 saturated carbocycles. The molecule has 0 aliphatic carbocycles. The standard InChI is InChI=1S/C20H29ClN5O8PS/c1-5-30-15-12-14(24-18(22)25-15)26(10-23-12)16-20(4,21)13-11(33-16)8-32-35(29,34-13)31-6-7-36-17(28)19(2,3)9-27/h10-11,13,16,27H,5-9H2,1-4H3,(H2,22,24,25)/t11-,13-,16-,20-,35-/m1/s1. The third-order valence-corrected chi connectivity index (χ3v) is 8.81. The van der Waals surface area contributed by atoms with Crippen LogP contribution in [0.25, 0.3) is 11.2 Å². The highest BCUT2D eigenvalue weighted by atomic mass is 35.5. The number of alkyl halides is 1. The van der Waals surface area contributed by atoms with Gasteiger partial charge in [0.05, 0.1) is 38.2 Å². The van der Waals surface area contributed by atoms with Crippen LogP contribution >= 0.6 is 31.2 Å². The normalized spacial score (nSPS) is 30.4. The SMILES string of the molecule is CCOc1nc(N)nc2c1ncn2[C@@H]1O[C@@H]2CO[P@@](=O)(OCCSC(=O)C(C)(C)CO)O[C@H]2[C@@]1(C)Cl. The number of nitrogen functional groups attached to an aromatic ring is 1. The zero-order valence-electron chi connectivity index (χ0n) is 20.2. The zero-order chi connectivity index (χ0) is 26.3. The van der Waals surface area contributed by atoms with Gasteiger partial charge in [0.15, 0.2) is 22.5 Å². The van der Waals surface area contributed by atoms with Crippen molar-refractivity contribution in [2.45, 2.75) is 51.0 Å². The van der Waals surface area contributed by atoms with Crippen LogP contribution in [0.3, 0.4) is 0 Å². The third-order valence-electron chi connectivity index (χ3n) is 5.77. The summed E-state index contributed by atoms with van der Waals surface area (Å²) in [5, 5.41) is 9.10. The first kappa shape index (κ1) is 27.5. The number of hydrogen-bond donors (Lipinski definition) is 2. The second kappa shape index (κ2) is 10.3. The quantitative estimate of drug-likeness (QED) is 0.258. The molecule has 13 nitrogen and oxygen atoms in total. The summed E-state index contributed by atoms with van der Waals surface area (Å²) in [6.07, 6.45) is -0.836. The van der Waals surface area contributed by atoms with Crippen molar-refractivity contribution >= 4 is 53.4 Å². The third kappa shape index (κ3) is 5.23. The molecule has 0 radical (unpaired) electrons. The van der Waals surface area contributed by atoms with E-state index in [4.69, 9.17) is 40.4 Å². The van der Waals surface area contributed by atoms with Crippen LogP contribution in [0.15, 0.2) is 6.33 Å². The maximum atomic E-state index is 13.1. The van der Waals surface area contributed by atoms with Crippen LogP contribution in [0.1, 0.15) is 33.9 Å². The molecule has 200 valence electrons. The van der Waals surface area contributed by atoms with Crippen molar-refractivity contribution in [3.05, 3.63) is 6.33 Å². The Balaban J connectivity index is 1.46. The molecule has 36 heavy (non-hydrogen) atoms. The van der Waals surface area contributed by atoms with Crippen molar-refractivity contribution in [2.24, 2.45) is 5.41 Å². The van der Waals surface area contributed by atoms with E-state index in [0.29, 0.717) is 17.8 Å². The Bertz CT molecular complexity index is 1180. The Morgan fingerprint density at radius 3 is 2.92 bits per heavy atom. The molecule has 4 heterocycles. The molecule has 3 N–H and O–H groups in total. The first-order valence-electron chi connectivity index (χ1n) is 11.2. The molecule has 4 rings (SSSR count). The minimum atomic E-state index is -3.98. The molecule has 2 aromatic rings. The van der Waals surface area contributed by atoms with Gasteiger partial charge >= 0.3 is 7.82 Å². The number of aromatic nitrogens is 4. The number of ether oxygens (including phenoxy) is 2. The molecule has 2 aromatic heterocycles. The van der Waals surface area contributed by atoms with E-state index < -0.39 is 36.5 Å². The van der Waals surface area contributed by atoms with Gasteiger partial charge in [-0.05, 0) is 27.7 Å². The number of rotatable bonds is 9. The van der Waals surface area contributed by atoms with Gasteiger partial charge in [-0.15, -0.1) is 11.6 Å². The molecule has 0 spiro atoms. The van der Waals surface area contributed by atoms with Gasteiger partial charge < -0.3 is 20.3 Å². The first-order valence-corrected chi connectivity index (χ1v) is 14.1. The molecule has 0 aromatic carbocycles. The van der Waals surface area contributed by atoms with Gasteiger partial charge in [-0.1, -0.05) is 11.8 Å². The predicted molar refractivity (Wildman–Crippen MR) is 132 cm³/mol. The Hall–Kier alpha value is -1.51. The number of aliphatic hydroxyl groups excluding tert-OH is 1. The lowest BCUT2D eigenvalue weighted by Gasteiger charge is -2.34. The number of nitrogens with zero attached hydrogens (tertiary/aromatic N) is 4. The van der Waals surface area contributed by atoms with Gasteiger partial charge in [-0.2, -0.15) is 9.97 Å². The molecular weight excluding hydrogens is 537 g/mol. The van der Waals surface area contributed by atoms with E-state index >= 15 is 0 Å². The Labute approximate surface area is 216 Å². The molecule has 2 saturated heterocycles. The Morgan fingerprint density at radius 2 is 2.22 bits per heavy atom. The summed E-state index contributed by atoms with van der Waals surface area (Å²) in [4.78, 5) is 23.6. The Morgan fingerprint density at radius 1 is 1.47 bits per heavy atom. The van der Waals surface area contributed by atoms with Gasteiger partial charge in [0.25, 0.3) is 0 Å². The van der Waals surface area contributed by atoms with Crippen molar-refractivity contribution in [1.82, 2.24) is 19.5 Å². The lowest BCUT2D eigenvalue weighted by Crippen LogP contribution is -2.44. The average Bonchev–Trinajstić information content (AvgIpc) is 3.34. The van der Waals surface area contributed by atoms with Gasteiger partial charge in [0.2, 0.25) is 11.8 Å². The molecular formula is C20H29ClN5O8PS. The molecule has 2 fully saturated rings. The fourth-order valence-corrected chi connectivity index (χ4v) is 6.58. The zero-order valence-corrected chi connectivity index (χ0v) is 22.7. The number of aliphatic hydroxyl groups is 1. The number of thioether (sulfide) groups is 1. The lowest BCUT2D eigenvalue weighted by atomic mass is 9.97. The number of anilines is 1. The van der Waals surface area contributed by atoms with E-state index in [1.54, 1.807) is 25.3 Å². The summed E-state index contributed by atoms with van der Waals surface area (Å²) in [6, 6.07) is 0. The highest BCUT2D eigenvalue weighted by molar-refractivity contribution is 8.13. The summed E-state index contributed by atoms with van der Waals surface area (Å²) in [6.45, 7) is 6.70. The fraction of sp³-hybridized carbons (Fsp3) is 0.700. The van der Waals surface area contributed by atoms with Crippen LogP contribution in [0.4, 0.5) is 5.95 Å². The smallest absolute Gasteiger partial charge is 0.475 e. The number of halogens is 1. The predicted octanol–water partition coefficient (Wildman–Crippen LogP) is 2.52. The maximum Gasteiger partial charge on any atom is 0.475 e. The van der Waals surface area contributed by atoms with Crippen LogP contribution < -0.4 is 10.5 Å². The van der Waals surface area contributed by atoms with Crippen LogP contribution in [-0.4, -0.2) is 79.0 Å². The molecule has 0 unspecified atom stereocenters. The number of phosphoric acid groups is 1. The van der Waals surface area contributed by atoms with Crippen molar-refractivity contribution in [1.29, 1.82) is 0 Å². The number of hydrogen-bond acceptors (Lipinski definition) is 13. The van der Waals surface area contributed by atoms with Crippen LogP contribution in [-0.2, 0) is 27.7 Å². The summed E-state index contributed by atoms with van der Waals surface area (Å²) >= 11 is 7.90.